The van der Waals surface area contributed by atoms with Crippen molar-refractivity contribution in [3.05, 3.63) is 35.4 Å². The van der Waals surface area contributed by atoms with Gasteiger partial charge in [-0.2, -0.15) is 0 Å². The normalized spacial score (nSPS) is 18.6. The molecule has 0 unspecified atom stereocenters. The summed E-state index contributed by atoms with van der Waals surface area (Å²) in [6.45, 7) is 13.1. The van der Waals surface area contributed by atoms with Gasteiger partial charge in [-0.25, -0.2) is 0 Å². The van der Waals surface area contributed by atoms with Crippen LogP contribution >= 0.6 is 0 Å². The number of hydrogen-bond donors (Lipinski definition) is 4. The van der Waals surface area contributed by atoms with E-state index in [9.17, 15) is 0 Å². The molecular weight excluding hydrogens is 360 g/mol. The van der Waals surface area contributed by atoms with Crippen LogP contribution in [0.1, 0.15) is 30.4 Å². The summed E-state index contributed by atoms with van der Waals surface area (Å²) in [6, 6.07) is 9.25. The first kappa shape index (κ1) is 24.3. The Balaban J connectivity index is 1.78. The number of nitrogens with zero attached hydrogens (tertiary/aromatic N) is 2. The molecule has 0 spiro atoms. The smallest absolute Gasteiger partial charge is 0.0234 e. The quantitative estimate of drug-likeness (QED) is 0.487. The monoisotopic (exact) mass is 404 g/mol. The van der Waals surface area contributed by atoms with Crippen LogP contribution in [0.2, 0.25) is 0 Å². The number of nitrogens with one attached hydrogen (secondary N) is 4. The fraction of sp³-hybridized carbons (Fsp3) is 0.739. The number of hydrogen-bond acceptors (Lipinski definition) is 6. The van der Waals surface area contributed by atoms with Gasteiger partial charge in [0.15, 0.2) is 0 Å². The molecule has 6 heteroatoms. The van der Waals surface area contributed by atoms with Crippen molar-refractivity contribution < 1.29 is 0 Å². The van der Waals surface area contributed by atoms with Crippen LogP contribution in [-0.2, 0) is 13.1 Å². The minimum absolute atomic E-state index is 1.03. The van der Waals surface area contributed by atoms with Crippen LogP contribution < -0.4 is 21.3 Å². The molecule has 1 aromatic carbocycles. The highest BCUT2D eigenvalue weighted by Crippen LogP contribution is 2.10. The van der Waals surface area contributed by atoms with E-state index >= 15 is 0 Å². The Labute approximate surface area is 178 Å². The van der Waals surface area contributed by atoms with Crippen molar-refractivity contribution in [2.24, 2.45) is 0 Å². The maximum atomic E-state index is 3.60. The van der Waals surface area contributed by atoms with Crippen LogP contribution in [0.3, 0.4) is 0 Å². The molecule has 1 aromatic rings. The van der Waals surface area contributed by atoms with E-state index in [0.29, 0.717) is 0 Å². The van der Waals surface area contributed by atoms with Crippen LogP contribution in [0.25, 0.3) is 0 Å². The van der Waals surface area contributed by atoms with Crippen LogP contribution in [0.15, 0.2) is 24.3 Å². The third-order valence-corrected chi connectivity index (χ3v) is 5.47. The van der Waals surface area contributed by atoms with Gasteiger partial charge in [-0.1, -0.05) is 24.3 Å². The SMILES string of the molecule is CNCCCN(C)Cc1ccc(CN2CCCNCCNCCCNCC2)cc1. The molecule has 0 aromatic heterocycles. The highest BCUT2D eigenvalue weighted by molar-refractivity contribution is 5.22. The van der Waals surface area contributed by atoms with Crippen LogP contribution in [0, 0.1) is 0 Å². The highest BCUT2D eigenvalue weighted by atomic mass is 15.1. The van der Waals surface area contributed by atoms with Gasteiger partial charge < -0.3 is 26.2 Å². The molecular formula is C23H44N6. The van der Waals surface area contributed by atoms with E-state index in [0.717, 1.165) is 78.5 Å². The third kappa shape index (κ3) is 11.7. The lowest BCUT2D eigenvalue weighted by Crippen LogP contribution is -2.36. The summed E-state index contributed by atoms with van der Waals surface area (Å²) in [5, 5.41) is 13.9. The molecule has 0 bridgehead atoms. The molecule has 166 valence electrons. The number of benzene rings is 1. The van der Waals surface area contributed by atoms with Gasteiger partial charge in [0.25, 0.3) is 0 Å². The molecule has 1 saturated heterocycles. The molecule has 1 heterocycles. The summed E-state index contributed by atoms with van der Waals surface area (Å²) < 4.78 is 0. The second kappa shape index (κ2) is 15.8. The van der Waals surface area contributed by atoms with Gasteiger partial charge in [-0.3, -0.25) is 4.90 Å². The second-order valence-electron chi connectivity index (χ2n) is 8.24. The molecule has 1 aliphatic rings. The average molecular weight is 405 g/mol. The fourth-order valence-corrected chi connectivity index (χ4v) is 3.75. The van der Waals surface area contributed by atoms with E-state index in [2.05, 4.69) is 62.4 Å². The predicted octanol–water partition coefficient (Wildman–Crippen LogP) is 1.09. The Morgan fingerprint density at radius 1 is 0.862 bits per heavy atom. The molecule has 29 heavy (non-hydrogen) atoms. The first-order valence-electron chi connectivity index (χ1n) is 11.5. The van der Waals surface area contributed by atoms with Gasteiger partial charge in [0.1, 0.15) is 0 Å². The third-order valence-electron chi connectivity index (χ3n) is 5.47. The van der Waals surface area contributed by atoms with Crippen molar-refractivity contribution in [3.63, 3.8) is 0 Å². The first-order valence-corrected chi connectivity index (χ1v) is 11.5. The molecule has 1 aliphatic heterocycles. The Morgan fingerprint density at radius 2 is 1.52 bits per heavy atom. The van der Waals surface area contributed by atoms with E-state index in [4.69, 9.17) is 0 Å². The molecule has 0 atom stereocenters. The molecule has 0 radical (unpaired) electrons. The second-order valence-corrected chi connectivity index (χ2v) is 8.24. The Hall–Kier alpha value is -1.02. The van der Waals surface area contributed by atoms with Crippen molar-refractivity contribution in [2.45, 2.75) is 32.4 Å². The Kier molecular flexibility index (Phi) is 13.2. The number of rotatable bonds is 8. The van der Waals surface area contributed by atoms with E-state index in [1.54, 1.807) is 0 Å². The molecule has 0 saturated carbocycles. The Morgan fingerprint density at radius 3 is 2.24 bits per heavy atom. The van der Waals surface area contributed by atoms with Crippen molar-refractivity contribution in [3.8, 4) is 0 Å². The van der Waals surface area contributed by atoms with Crippen molar-refractivity contribution >= 4 is 0 Å². The average Bonchev–Trinajstić information content (AvgIpc) is 2.72. The predicted molar refractivity (Wildman–Crippen MR) is 124 cm³/mol. The fourth-order valence-electron chi connectivity index (χ4n) is 3.75. The first-order chi connectivity index (χ1) is 14.3. The molecule has 2 rings (SSSR count). The molecule has 0 amide bonds. The largest absolute Gasteiger partial charge is 0.320 e. The van der Waals surface area contributed by atoms with Crippen molar-refractivity contribution in [1.29, 1.82) is 0 Å². The van der Waals surface area contributed by atoms with Gasteiger partial charge in [0.2, 0.25) is 0 Å². The highest BCUT2D eigenvalue weighted by Gasteiger charge is 2.07. The van der Waals surface area contributed by atoms with Gasteiger partial charge in [-0.05, 0) is 83.8 Å². The lowest BCUT2D eigenvalue weighted by atomic mass is 10.1. The van der Waals surface area contributed by atoms with E-state index in [-0.39, 0.29) is 0 Å². The van der Waals surface area contributed by atoms with Crippen LogP contribution in [0.4, 0.5) is 0 Å². The summed E-state index contributed by atoms with van der Waals surface area (Å²) >= 11 is 0. The molecule has 4 N–H and O–H groups in total. The van der Waals surface area contributed by atoms with Gasteiger partial charge in [0.05, 0.1) is 0 Å². The topological polar surface area (TPSA) is 54.6 Å². The van der Waals surface area contributed by atoms with Gasteiger partial charge in [0, 0.05) is 39.3 Å². The summed E-state index contributed by atoms with van der Waals surface area (Å²) in [6.07, 6.45) is 3.60. The van der Waals surface area contributed by atoms with Gasteiger partial charge >= 0.3 is 0 Å². The van der Waals surface area contributed by atoms with E-state index < -0.39 is 0 Å². The molecule has 6 nitrogen and oxygen atoms in total. The minimum Gasteiger partial charge on any atom is -0.320 e. The maximum Gasteiger partial charge on any atom is 0.0234 e. The van der Waals surface area contributed by atoms with Crippen LogP contribution in [0.5, 0.6) is 0 Å². The zero-order valence-electron chi connectivity index (χ0n) is 18.8. The van der Waals surface area contributed by atoms with Crippen molar-refractivity contribution in [2.75, 3.05) is 79.5 Å². The molecule has 1 fully saturated rings. The minimum atomic E-state index is 1.03. The lowest BCUT2D eigenvalue weighted by Gasteiger charge is -2.23. The molecule has 0 aliphatic carbocycles. The van der Waals surface area contributed by atoms with Gasteiger partial charge in [-0.15, -0.1) is 0 Å². The standard InChI is InChI=1S/C23H44N6/c1-24-10-4-17-28(2)20-22-6-8-23(9-7-22)21-29-18-5-13-26-15-14-25-11-3-12-27-16-19-29/h6-9,24-27H,3-5,10-21H2,1-2H3. The zero-order chi connectivity index (χ0) is 20.6. The van der Waals surface area contributed by atoms with E-state index in [1.807, 2.05) is 7.05 Å². The summed E-state index contributed by atoms with van der Waals surface area (Å²) in [5.74, 6) is 0. The summed E-state index contributed by atoms with van der Waals surface area (Å²) in [7, 11) is 4.23. The summed E-state index contributed by atoms with van der Waals surface area (Å²) in [5.41, 5.74) is 2.83. The summed E-state index contributed by atoms with van der Waals surface area (Å²) in [4.78, 5) is 5.00. The lowest BCUT2D eigenvalue weighted by molar-refractivity contribution is 0.260. The van der Waals surface area contributed by atoms with Crippen LogP contribution in [-0.4, -0.2) is 89.3 Å². The Bertz CT molecular complexity index is 493. The zero-order valence-corrected chi connectivity index (χ0v) is 18.8. The van der Waals surface area contributed by atoms with Crippen molar-refractivity contribution in [1.82, 2.24) is 31.1 Å². The van der Waals surface area contributed by atoms with E-state index in [1.165, 1.54) is 30.4 Å². The maximum absolute atomic E-state index is 3.60.